The molecule has 0 aromatic rings. The zero-order valence-corrected chi connectivity index (χ0v) is 11.9. The zero-order valence-electron chi connectivity index (χ0n) is 11.9. The highest BCUT2D eigenvalue weighted by Gasteiger charge is 2.53. The largest absolute Gasteiger partial charge is 0.374 e. The molecule has 2 atom stereocenters. The van der Waals surface area contributed by atoms with Gasteiger partial charge in [-0.2, -0.15) is 0 Å². The lowest BCUT2D eigenvalue weighted by atomic mass is 9.99. The molecule has 3 rings (SSSR count). The van der Waals surface area contributed by atoms with Crippen LogP contribution in [0.1, 0.15) is 13.3 Å². The van der Waals surface area contributed by atoms with Gasteiger partial charge in [0.15, 0.2) is 0 Å². The van der Waals surface area contributed by atoms with Crippen LogP contribution in [0.25, 0.3) is 0 Å². The third kappa shape index (κ3) is 2.30. The van der Waals surface area contributed by atoms with E-state index in [-0.39, 0.29) is 18.0 Å². The molecule has 2 unspecified atom stereocenters. The number of carbonyl (C=O) groups excluding carboxylic acids is 2. The van der Waals surface area contributed by atoms with Crippen LogP contribution >= 0.6 is 0 Å². The van der Waals surface area contributed by atoms with E-state index in [1.165, 1.54) is 4.90 Å². The molecular formula is C13H22N4O3. The van der Waals surface area contributed by atoms with Crippen molar-refractivity contribution in [3.63, 3.8) is 0 Å². The van der Waals surface area contributed by atoms with E-state index in [1.54, 1.807) is 0 Å². The summed E-state index contributed by atoms with van der Waals surface area (Å²) in [7, 11) is 0. The van der Waals surface area contributed by atoms with E-state index < -0.39 is 5.54 Å². The fourth-order valence-corrected chi connectivity index (χ4v) is 3.20. The topological polar surface area (TPSA) is 73.9 Å². The summed E-state index contributed by atoms with van der Waals surface area (Å²) in [5.41, 5.74) is -0.712. The molecule has 0 aromatic carbocycles. The minimum Gasteiger partial charge on any atom is -0.374 e. The second-order valence-corrected chi connectivity index (χ2v) is 5.74. The smallest absolute Gasteiger partial charge is 0.325 e. The van der Waals surface area contributed by atoms with Crippen LogP contribution in [0.4, 0.5) is 4.79 Å². The first-order valence-corrected chi connectivity index (χ1v) is 7.33. The number of nitrogens with one attached hydrogen (secondary N) is 2. The van der Waals surface area contributed by atoms with Crippen LogP contribution in [0.5, 0.6) is 0 Å². The van der Waals surface area contributed by atoms with Gasteiger partial charge in [-0.15, -0.1) is 0 Å². The molecule has 3 amide bonds. The fraction of sp³-hybridized carbons (Fsp3) is 0.846. The first-order chi connectivity index (χ1) is 9.64. The summed E-state index contributed by atoms with van der Waals surface area (Å²) >= 11 is 0. The van der Waals surface area contributed by atoms with Crippen LogP contribution < -0.4 is 10.6 Å². The maximum atomic E-state index is 12.5. The Morgan fingerprint density at radius 3 is 3.00 bits per heavy atom. The number of amides is 3. The lowest BCUT2D eigenvalue weighted by Gasteiger charge is -2.33. The standard InChI is InChI=1S/C13H22N4O3/c1-2-16-5-6-20-10(7-16)8-17-11(18)13(15-12(17)19)3-4-14-9-13/h10,14H,2-9H2,1H3,(H,15,19). The van der Waals surface area contributed by atoms with Crippen LogP contribution in [0.3, 0.4) is 0 Å². The van der Waals surface area contributed by atoms with Gasteiger partial charge in [-0.1, -0.05) is 6.92 Å². The molecule has 3 fully saturated rings. The second-order valence-electron chi connectivity index (χ2n) is 5.74. The van der Waals surface area contributed by atoms with Crippen LogP contribution in [-0.2, 0) is 9.53 Å². The summed E-state index contributed by atoms with van der Waals surface area (Å²) in [5.74, 6) is -0.107. The summed E-state index contributed by atoms with van der Waals surface area (Å²) in [4.78, 5) is 28.2. The third-order valence-electron chi connectivity index (χ3n) is 4.46. The van der Waals surface area contributed by atoms with Gasteiger partial charge in [0, 0.05) is 19.6 Å². The molecule has 0 radical (unpaired) electrons. The molecule has 0 aromatic heterocycles. The highest BCUT2D eigenvalue weighted by Crippen LogP contribution is 2.24. The Bertz CT molecular complexity index is 408. The van der Waals surface area contributed by atoms with E-state index in [9.17, 15) is 9.59 Å². The number of carbonyl (C=O) groups is 2. The molecule has 112 valence electrons. The first kappa shape index (κ1) is 13.8. The van der Waals surface area contributed by atoms with Gasteiger partial charge >= 0.3 is 6.03 Å². The van der Waals surface area contributed by atoms with Crippen molar-refractivity contribution in [3.05, 3.63) is 0 Å². The molecule has 0 saturated carbocycles. The summed E-state index contributed by atoms with van der Waals surface area (Å²) in [6, 6.07) is -0.282. The zero-order chi connectivity index (χ0) is 14.2. The van der Waals surface area contributed by atoms with Gasteiger partial charge < -0.3 is 15.4 Å². The van der Waals surface area contributed by atoms with E-state index in [2.05, 4.69) is 22.5 Å². The van der Waals surface area contributed by atoms with Crippen LogP contribution in [0.2, 0.25) is 0 Å². The van der Waals surface area contributed by atoms with Gasteiger partial charge in [0.05, 0.1) is 19.3 Å². The molecule has 3 heterocycles. The fourth-order valence-electron chi connectivity index (χ4n) is 3.20. The average molecular weight is 282 g/mol. The summed E-state index contributed by atoms with van der Waals surface area (Å²) in [6.07, 6.45) is 0.587. The number of urea groups is 1. The van der Waals surface area contributed by atoms with Gasteiger partial charge in [-0.25, -0.2) is 4.79 Å². The van der Waals surface area contributed by atoms with Gasteiger partial charge in [-0.05, 0) is 19.5 Å². The van der Waals surface area contributed by atoms with Gasteiger partial charge in [-0.3, -0.25) is 14.6 Å². The van der Waals surface area contributed by atoms with Crippen molar-refractivity contribution in [1.29, 1.82) is 0 Å². The highest BCUT2D eigenvalue weighted by atomic mass is 16.5. The van der Waals surface area contributed by atoms with E-state index in [1.807, 2.05) is 0 Å². The number of nitrogens with zero attached hydrogens (tertiary/aromatic N) is 2. The Balaban J connectivity index is 1.65. The van der Waals surface area contributed by atoms with Crippen molar-refractivity contribution in [1.82, 2.24) is 20.4 Å². The minimum atomic E-state index is -0.712. The predicted octanol–water partition coefficient (Wildman–Crippen LogP) is -1.01. The molecule has 0 bridgehead atoms. The van der Waals surface area contributed by atoms with Crippen molar-refractivity contribution < 1.29 is 14.3 Å². The molecule has 3 aliphatic heterocycles. The summed E-state index contributed by atoms with van der Waals surface area (Å²) in [6.45, 7) is 7.07. The Morgan fingerprint density at radius 2 is 2.30 bits per heavy atom. The third-order valence-corrected chi connectivity index (χ3v) is 4.46. The van der Waals surface area contributed by atoms with Crippen molar-refractivity contribution in [3.8, 4) is 0 Å². The Morgan fingerprint density at radius 1 is 1.45 bits per heavy atom. The van der Waals surface area contributed by atoms with E-state index in [4.69, 9.17) is 4.74 Å². The summed E-state index contributed by atoms with van der Waals surface area (Å²) < 4.78 is 5.69. The molecule has 7 heteroatoms. The lowest BCUT2D eigenvalue weighted by molar-refractivity contribution is -0.133. The molecule has 0 aliphatic carbocycles. The number of hydrogen-bond acceptors (Lipinski definition) is 5. The molecule has 20 heavy (non-hydrogen) atoms. The van der Waals surface area contributed by atoms with Crippen molar-refractivity contribution in [2.75, 3.05) is 45.9 Å². The molecule has 7 nitrogen and oxygen atoms in total. The summed E-state index contributed by atoms with van der Waals surface area (Å²) in [5, 5.41) is 5.99. The van der Waals surface area contributed by atoms with E-state index >= 15 is 0 Å². The molecule has 3 aliphatic rings. The van der Waals surface area contributed by atoms with E-state index in [0.29, 0.717) is 26.1 Å². The number of imide groups is 1. The van der Waals surface area contributed by atoms with Crippen molar-refractivity contribution in [2.45, 2.75) is 25.0 Å². The SMILES string of the molecule is CCN1CCOC(CN2C(=O)NC3(CCNC3)C2=O)C1. The molecular weight excluding hydrogens is 260 g/mol. The average Bonchev–Trinajstić information content (AvgIpc) is 3.01. The monoisotopic (exact) mass is 282 g/mol. The second kappa shape index (κ2) is 5.31. The van der Waals surface area contributed by atoms with Crippen LogP contribution in [0.15, 0.2) is 0 Å². The molecule has 3 saturated heterocycles. The molecule has 1 spiro atoms. The van der Waals surface area contributed by atoms with Crippen molar-refractivity contribution >= 4 is 11.9 Å². The maximum Gasteiger partial charge on any atom is 0.325 e. The number of rotatable bonds is 3. The minimum absolute atomic E-state index is 0.0806. The van der Waals surface area contributed by atoms with Gasteiger partial charge in [0.1, 0.15) is 5.54 Å². The number of morpholine rings is 1. The van der Waals surface area contributed by atoms with Crippen molar-refractivity contribution in [2.24, 2.45) is 0 Å². The Hall–Kier alpha value is -1.18. The first-order valence-electron chi connectivity index (χ1n) is 7.33. The Kier molecular flexibility index (Phi) is 3.66. The predicted molar refractivity (Wildman–Crippen MR) is 72.3 cm³/mol. The molecule has 2 N–H and O–H groups in total. The lowest BCUT2D eigenvalue weighted by Crippen LogP contribution is -2.51. The van der Waals surface area contributed by atoms with Crippen LogP contribution in [0, 0.1) is 0 Å². The van der Waals surface area contributed by atoms with E-state index in [0.717, 1.165) is 26.2 Å². The number of hydrogen-bond donors (Lipinski definition) is 2. The normalized spacial score (nSPS) is 35.0. The maximum absolute atomic E-state index is 12.5. The van der Waals surface area contributed by atoms with Gasteiger partial charge in [0.2, 0.25) is 0 Å². The van der Waals surface area contributed by atoms with Gasteiger partial charge in [0.25, 0.3) is 5.91 Å². The van der Waals surface area contributed by atoms with Crippen LogP contribution in [-0.4, -0.2) is 79.3 Å². The quantitative estimate of drug-likeness (QED) is 0.649. The Labute approximate surface area is 118 Å². The number of likely N-dealkylation sites (N-methyl/N-ethyl adjacent to an activating group) is 1. The highest BCUT2D eigenvalue weighted by molar-refractivity contribution is 6.07. The number of ether oxygens (including phenoxy) is 1.